The molecule has 102 valence electrons. The molecule has 1 saturated heterocycles. The largest absolute Gasteiger partial charge is 0.315 e. The van der Waals surface area contributed by atoms with Gasteiger partial charge >= 0.3 is 0 Å². The molecular formula is C11H16ClFN2O2S. The number of sulfonamides is 1. The van der Waals surface area contributed by atoms with E-state index in [1.807, 2.05) is 0 Å². The molecule has 1 aromatic rings. The summed E-state index contributed by atoms with van der Waals surface area (Å²) < 4.78 is 38.9. The van der Waals surface area contributed by atoms with E-state index in [0.29, 0.717) is 19.6 Å². The van der Waals surface area contributed by atoms with Crippen molar-refractivity contribution in [1.82, 2.24) is 9.62 Å². The van der Waals surface area contributed by atoms with Crippen LogP contribution in [0.3, 0.4) is 0 Å². The van der Waals surface area contributed by atoms with Crippen molar-refractivity contribution in [2.75, 3.05) is 26.2 Å². The van der Waals surface area contributed by atoms with Crippen LogP contribution in [0.4, 0.5) is 4.39 Å². The maximum absolute atomic E-state index is 13.0. The first kappa shape index (κ1) is 15.4. The fraction of sp³-hybridized carbons (Fsp3) is 0.455. The molecule has 1 aliphatic rings. The summed E-state index contributed by atoms with van der Waals surface area (Å²) in [6.07, 6.45) is 0.772. The van der Waals surface area contributed by atoms with Crippen molar-refractivity contribution in [2.45, 2.75) is 11.3 Å². The summed E-state index contributed by atoms with van der Waals surface area (Å²) >= 11 is 0. The normalized spacial score (nSPS) is 17.8. The number of nitrogens with zero attached hydrogens (tertiary/aromatic N) is 1. The number of rotatable bonds is 2. The van der Waals surface area contributed by atoms with Gasteiger partial charge in [0.25, 0.3) is 0 Å². The van der Waals surface area contributed by atoms with Crippen molar-refractivity contribution in [3.8, 4) is 0 Å². The third-order valence-corrected chi connectivity index (χ3v) is 4.63. The number of hydrogen-bond donors (Lipinski definition) is 1. The third kappa shape index (κ3) is 3.41. The summed E-state index contributed by atoms with van der Waals surface area (Å²) in [4.78, 5) is 0.0272. The average molecular weight is 295 g/mol. The molecule has 0 spiro atoms. The molecule has 0 atom stereocenters. The molecule has 1 heterocycles. The minimum atomic E-state index is -3.55. The Bertz CT molecular complexity index is 488. The Hall–Kier alpha value is -0.690. The molecule has 0 radical (unpaired) electrons. The van der Waals surface area contributed by atoms with Gasteiger partial charge in [-0.2, -0.15) is 4.31 Å². The molecule has 1 N–H and O–H groups in total. The van der Waals surface area contributed by atoms with E-state index in [-0.39, 0.29) is 17.3 Å². The fourth-order valence-electron chi connectivity index (χ4n) is 1.84. The third-order valence-electron chi connectivity index (χ3n) is 2.73. The molecule has 18 heavy (non-hydrogen) atoms. The van der Waals surface area contributed by atoms with E-state index in [4.69, 9.17) is 0 Å². The predicted molar refractivity (Wildman–Crippen MR) is 69.9 cm³/mol. The molecule has 0 saturated carbocycles. The lowest BCUT2D eigenvalue weighted by atomic mass is 10.4. The van der Waals surface area contributed by atoms with Gasteiger partial charge in [-0.25, -0.2) is 12.8 Å². The molecule has 0 aromatic heterocycles. The zero-order valence-corrected chi connectivity index (χ0v) is 11.4. The summed E-state index contributed by atoms with van der Waals surface area (Å²) in [5, 5.41) is 3.13. The fourth-order valence-corrected chi connectivity index (χ4v) is 3.35. The van der Waals surface area contributed by atoms with Crippen LogP contribution in [-0.2, 0) is 10.0 Å². The van der Waals surface area contributed by atoms with Crippen LogP contribution in [-0.4, -0.2) is 38.9 Å². The number of halogens is 2. The lowest BCUT2D eigenvalue weighted by molar-refractivity contribution is 0.431. The van der Waals surface area contributed by atoms with Crippen molar-refractivity contribution < 1.29 is 12.8 Å². The van der Waals surface area contributed by atoms with E-state index < -0.39 is 15.8 Å². The molecule has 2 rings (SSSR count). The van der Waals surface area contributed by atoms with Crippen LogP contribution < -0.4 is 5.32 Å². The van der Waals surface area contributed by atoms with Crippen LogP contribution >= 0.6 is 12.4 Å². The zero-order valence-electron chi connectivity index (χ0n) is 9.80. The first-order valence-corrected chi connectivity index (χ1v) is 7.01. The van der Waals surface area contributed by atoms with Crippen molar-refractivity contribution in [1.29, 1.82) is 0 Å². The van der Waals surface area contributed by atoms with Gasteiger partial charge < -0.3 is 5.32 Å². The predicted octanol–water partition coefficient (Wildman–Crippen LogP) is 1.23. The molecule has 1 aromatic carbocycles. The molecule has 0 bridgehead atoms. The van der Waals surface area contributed by atoms with Gasteiger partial charge in [0.2, 0.25) is 10.0 Å². The molecule has 7 heteroatoms. The van der Waals surface area contributed by atoms with Crippen LogP contribution in [0.5, 0.6) is 0 Å². The van der Waals surface area contributed by atoms with Gasteiger partial charge in [-0.1, -0.05) is 6.07 Å². The molecule has 0 amide bonds. The average Bonchev–Trinajstić information content (AvgIpc) is 2.58. The smallest absolute Gasteiger partial charge is 0.243 e. The highest BCUT2D eigenvalue weighted by molar-refractivity contribution is 7.89. The molecule has 0 aliphatic carbocycles. The highest BCUT2D eigenvalue weighted by atomic mass is 35.5. The molecule has 4 nitrogen and oxygen atoms in total. The van der Waals surface area contributed by atoms with Crippen LogP contribution in [0, 0.1) is 5.82 Å². The lowest BCUT2D eigenvalue weighted by Crippen LogP contribution is -2.34. The maximum Gasteiger partial charge on any atom is 0.243 e. The summed E-state index contributed by atoms with van der Waals surface area (Å²) in [7, 11) is -3.55. The Morgan fingerprint density at radius 3 is 2.72 bits per heavy atom. The van der Waals surface area contributed by atoms with Crippen molar-refractivity contribution in [3.05, 3.63) is 30.1 Å². The summed E-state index contributed by atoms with van der Waals surface area (Å²) in [5.74, 6) is -0.529. The van der Waals surface area contributed by atoms with Crippen molar-refractivity contribution in [2.24, 2.45) is 0 Å². The first-order chi connectivity index (χ1) is 8.10. The highest BCUT2D eigenvalue weighted by Gasteiger charge is 2.25. The second-order valence-corrected chi connectivity index (χ2v) is 5.90. The SMILES string of the molecule is Cl.O=S(=O)(c1cccc(F)c1)N1CCCNCC1. The quantitative estimate of drug-likeness (QED) is 0.893. The van der Waals surface area contributed by atoms with Gasteiger partial charge in [0, 0.05) is 19.6 Å². The minimum Gasteiger partial charge on any atom is -0.315 e. The Labute approximate surface area is 113 Å². The molecular weight excluding hydrogens is 279 g/mol. The molecule has 1 fully saturated rings. The van der Waals surface area contributed by atoms with E-state index >= 15 is 0 Å². The van der Waals surface area contributed by atoms with Gasteiger partial charge in [-0.15, -0.1) is 12.4 Å². The lowest BCUT2D eigenvalue weighted by Gasteiger charge is -2.19. The minimum absolute atomic E-state index is 0. The number of nitrogens with one attached hydrogen (secondary N) is 1. The Kier molecular flexibility index (Phi) is 5.52. The zero-order chi connectivity index (χ0) is 12.3. The summed E-state index contributed by atoms with van der Waals surface area (Å²) in [6, 6.07) is 5.14. The second-order valence-electron chi connectivity index (χ2n) is 3.97. The highest BCUT2D eigenvalue weighted by Crippen LogP contribution is 2.17. The summed E-state index contributed by atoms with van der Waals surface area (Å²) in [6.45, 7) is 2.36. The van der Waals surface area contributed by atoms with Gasteiger partial charge in [-0.05, 0) is 31.2 Å². The van der Waals surface area contributed by atoms with Crippen LogP contribution in [0.1, 0.15) is 6.42 Å². The van der Waals surface area contributed by atoms with E-state index in [2.05, 4.69) is 5.32 Å². The van der Waals surface area contributed by atoms with E-state index in [1.165, 1.54) is 22.5 Å². The first-order valence-electron chi connectivity index (χ1n) is 5.57. The van der Waals surface area contributed by atoms with Crippen molar-refractivity contribution >= 4 is 22.4 Å². The Morgan fingerprint density at radius 1 is 1.22 bits per heavy atom. The van der Waals surface area contributed by atoms with Gasteiger partial charge in [0.05, 0.1) is 4.90 Å². The second kappa shape index (κ2) is 6.47. The molecule has 0 unspecified atom stereocenters. The maximum atomic E-state index is 13.0. The standard InChI is InChI=1S/C11H15FN2O2S.ClH/c12-10-3-1-4-11(9-10)17(15,16)14-7-2-5-13-6-8-14;/h1,3-4,9,13H,2,5-8H2;1H. The van der Waals surface area contributed by atoms with E-state index in [1.54, 1.807) is 0 Å². The van der Waals surface area contributed by atoms with Crippen molar-refractivity contribution in [3.63, 3.8) is 0 Å². The van der Waals surface area contributed by atoms with Crippen LogP contribution in [0.25, 0.3) is 0 Å². The van der Waals surface area contributed by atoms with Gasteiger partial charge in [0.1, 0.15) is 5.82 Å². The van der Waals surface area contributed by atoms with Crippen LogP contribution in [0.2, 0.25) is 0 Å². The Balaban J connectivity index is 0.00000162. The van der Waals surface area contributed by atoms with E-state index in [0.717, 1.165) is 19.0 Å². The van der Waals surface area contributed by atoms with Crippen LogP contribution in [0.15, 0.2) is 29.2 Å². The van der Waals surface area contributed by atoms with Gasteiger partial charge in [0.15, 0.2) is 0 Å². The monoisotopic (exact) mass is 294 g/mol. The van der Waals surface area contributed by atoms with E-state index in [9.17, 15) is 12.8 Å². The summed E-state index contributed by atoms with van der Waals surface area (Å²) in [5.41, 5.74) is 0. The molecule has 1 aliphatic heterocycles. The Morgan fingerprint density at radius 2 is 2.00 bits per heavy atom. The van der Waals surface area contributed by atoms with Gasteiger partial charge in [-0.3, -0.25) is 0 Å². The number of hydrogen-bond acceptors (Lipinski definition) is 3. The number of benzene rings is 1. The topological polar surface area (TPSA) is 49.4 Å².